The lowest BCUT2D eigenvalue weighted by molar-refractivity contribution is 0.113. The zero-order chi connectivity index (χ0) is 16.5. The molecule has 0 amide bonds. The van der Waals surface area contributed by atoms with Crippen molar-refractivity contribution in [2.75, 3.05) is 37.9 Å². The van der Waals surface area contributed by atoms with E-state index in [1.165, 1.54) is 0 Å². The molecule has 0 radical (unpaired) electrons. The van der Waals surface area contributed by atoms with Gasteiger partial charge in [-0.15, -0.1) is 10.2 Å². The van der Waals surface area contributed by atoms with Gasteiger partial charge in [-0.05, 0) is 0 Å². The molecule has 1 aliphatic rings. The lowest BCUT2D eigenvalue weighted by Gasteiger charge is -2.05. The molecule has 24 heavy (non-hydrogen) atoms. The molecule has 2 aromatic rings. The molecular weight excluding hydrogens is 332 g/mol. The van der Waals surface area contributed by atoms with Crippen LogP contribution < -0.4 is 0 Å². The molecule has 4 bridgehead atoms. The van der Waals surface area contributed by atoms with Crippen molar-refractivity contribution < 1.29 is 14.2 Å². The molecule has 3 heterocycles. The molecule has 0 aromatic carbocycles. The lowest BCUT2D eigenvalue weighted by Crippen LogP contribution is -2.11. The molecule has 0 fully saturated rings. The molecule has 2 aromatic heterocycles. The summed E-state index contributed by atoms with van der Waals surface area (Å²) < 4.78 is 20.4. The number of rotatable bonds is 0. The van der Waals surface area contributed by atoms with Gasteiger partial charge in [-0.1, -0.05) is 10.4 Å². The second-order valence-corrected chi connectivity index (χ2v) is 6.50. The summed E-state index contributed by atoms with van der Waals surface area (Å²) in [4.78, 5) is 0. The predicted octanol–water partition coefficient (Wildman–Crippen LogP) is 0.366. The topological polar surface area (TPSA) is 89.1 Å². The molecule has 10 heteroatoms. The zero-order valence-corrected chi connectivity index (χ0v) is 14.4. The highest BCUT2D eigenvalue weighted by Crippen LogP contribution is 2.03. The largest absolute Gasteiger partial charge is 0.378 e. The molecule has 0 N–H and O–H groups in total. The van der Waals surface area contributed by atoms with Crippen molar-refractivity contribution in [1.82, 2.24) is 30.0 Å². The average Bonchev–Trinajstić information content (AvgIpc) is 3.22. The number of hydrogen-bond acceptors (Lipinski definition) is 8. The Morgan fingerprint density at radius 3 is 1.83 bits per heavy atom. The van der Waals surface area contributed by atoms with E-state index in [-0.39, 0.29) is 0 Å². The zero-order valence-electron chi connectivity index (χ0n) is 13.5. The third kappa shape index (κ3) is 5.86. The smallest absolute Gasteiger partial charge is 0.108 e. The van der Waals surface area contributed by atoms with Crippen LogP contribution in [0.2, 0.25) is 0 Å². The van der Waals surface area contributed by atoms with Gasteiger partial charge in [0, 0.05) is 11.5 Å². The number of thioether (sulfide) groups is 1. The maximum absolute atomic E-state index is 5.61. The van der Waals surface area contributed by atoms with E-state index in [0.717, 1.165) is 22.9 Å². The fourth-order valence-electron chi connectivity index (χ4n) is 2.14. The Labute approximate surface area is 144 Å². The first-order valence-corrected chi connectivity index (χ1v) is 9.14. The van der Waals surface area contributed by atoms with E-state index in [1.807, 2.05) is 12.4 Å². The maximum Gasteiger partial charge on any atom is 0.108 e. The van der Waals surface area contributed by atoms with E-state index >= 15 is 0 Å². The summed E-state index contributed by atoms with van der Waals surface area (Å²) in [7, 11) is 0. The molecule has 1 aliphatic heterocycles. The minimum absolute atomic E-state index is 0.490. The van der Waals surface area contributed by atoms with Crippen molar-refractivity contribution in [3.8, 4) is 0 Å². The summed E-state index contributed by atoms with van der Waals surface area (Å²) in [6.07, 6.45) is 3.79. The van der Waals surface area contributed by atoms with E-state index in [4.69, 9.17) is 14.2 Å². The molecule has 0 saturated heterocycles. The van der Waals surface area contributed by atoms with Gasteiger partial charge in [-0.3, -0.25) is 0 Å². The Balaban J connectivity index is 1.49. The van der Waals surface area contributed by atoms with Crippen LogP contribution in [0.5, 0.6) is 0 Å². The van der Waals surface area contributed by atoms with Gasteiger partial charge < -0.3 is 14.2 Å². The van der Waals surface area contributed by atoms with Crippen LogP contribution in [-0.2, 0) is 40.5 Å². The normalized spacial score (nSPS) is 19.0. The van der Waals surface area contributed by atoms with Crippen molar-refractivity contribution in [2.45, 2.75) is 26.3 Å². The standard InChI is InChI=1S/C14H22N6O3S/c1-3-21-4-2-20-10-14(16-18-20)12-23-6-8-24-7-5-22-11-13-9-19(1)17-15-13/h9-10H,1-8,11-12H2. The van der Waals surface area contributed by atoms with Crippen molar-refractivity contribution >= 4 is 11.8 Å². The Hall–Kier alpha value is -1.49. The first kappa shape index (κ1) is 17.3. The summed E-state index contributed by atoms with van der Waals surface area (Å²) in [5, 5.41) is 16.3. The summed E-state index contributed by atoms with van der Waals surface area (Å²) in [6.45, 7) is 4.84. The summed E-state index contributed by atoms with van der Waals surface area (Å²) in [5.74, 6) is 1.86. The molecule has 0 aliphatic carbocycles. The fraction of sp³-hybridized carbons (Fsp3) is 0.714. The minimum atomic E-state index is 0.490. The number of aromatic nitrogens is 6. The van der Waals surface area contributed by atoms with Gasteiger partial charge in [0.2, 0.25) is 0 Å². The summed E-state index contributed by atoms with van der Waals surface area (Å²) >= 11 is 1.81. The van der Waals surface area contributed by atoms with Crippen LogP contribution in [-0.4, -0.2) is 67.9 Å². The van der Waals surface area contributed by atoms with E-state index in [1.54, 1.807) is 21.1 Å². The van der Waals surface area contributed by atoms with Crippen LogP contribution in [0.25, 0.3) is 0 Å². The van der Waals surface area contributed by atoms with E-state index in [9.17, 15) is 0 Å². The van der Waals surface area contributed by atoms with Crippen LogP contribution in [0.3, 0.4) is 0 Å². The van der Waals surface area contributed by atoms with Crippen LogP contribution >= 0.6 is 11.8 Å². The van der Waals surface area contributed by atoms with Crippen LogP contribution in [0.1, 0.15) is 11.4 Å². The van der Waals surface area contributed by atoms with Gasteiger partial charge in [0.05, 0.1) is 65.1 Å². The van der Waals surface area contributed by atoms with Crippen molar-refractivity contribution in [1.29, 1.82) is 0 Å². The minimum Gasteiger partial charge on any atom is -0.378 e. The molecule has 3 rings (SSSR count). The van der Waals surface area contributed by atoms with Crippen LogP contribution in [0.15, 0.2) is 12.4 Å². The Morgan fingerprint density at radius 2 is 1.29 bits per heavy atom. The number of hydrogen-bond donors (Lipinski definition) is 0. The van der Waals surface area contributed by atoms with Gasteiger partial charge in [-0.2, -0.15) is 11.8 Å². The molecular formula is C14H22N6O3S. The summed E-state index contributed by atoms with van der Waals surface area (Å²) in [6, 6.07) is 0. The van der Waals surface area contributed by atoms with Crippen molar-refractivity contribution in [3.05, 3.63) is 23.8 Å². The molecule has 132 valence electrons. The highest BCUT2D eigenvalue weighted by molar-refractivity contribution is 7.99. The third-order valence-electron chi connectivity index (χ3n) is 3.35. The average molecular weight is 354 g/mol. The monoisotopic (exact) mass is 354 g/mol. The predicted molar refractivity (Wildman–Crippen MR) is 87.5 cm³/mol. The van der Waals surface area contributed by atoms with E-state index < -0.39 is 0 Å². The van der Waals surface area contributed by atoms with E-state index in [0.29, 0.717) is 52.7 Å². The van der Waals surface area contributed by atoms with Crippen molar-refractivity contribution in [3.63, 3.8) is 0 Å². The number of fused-ring (bicyclic) bond motifs is 4. The Morgan fingerprint density at radius 1 is 0.750 bits per heavy atom. The first-order valence-electron chi connectivity index (χ1n) is 7.99. The second-order valence-electron chi connectivity index (χ2n) is 5.28. The summed E-state index contributed by atoms with van der Waals surface area (Å²) in [5.41, 5.74) is 1.68. The maximum atomic E-state index is 5.61. The van der Waals surface area contributed by atoms with Gasteiger partial charge in [0.15, 0.2) is 0 Å². The highest BCUT2D eigenvalue weighted by atomic mass is 32.2. The Bertz CT molecular complexity index is 555. The van der Waals surface area contributed by atoms with E-state index in [2.05, 4.69) is 20.6 Å². The third-order valence-corrected chi connectivity index (χ3v) is 4.26. The number of ether oxygens (including phenoxy) is 3. The first-order chi connectivity index (χ1) is 11.9. The van der Waals surface area contributed by atoms with Gasteiger partial charge in [0.1, 0.15) is 11.4 Å². The molecule has 0 atom stereocenters. The Kier molecular flexibility index (Phi) is 7.02. The molecule has 0 saturated carbocycles. The molecule has 0 unspecified atom stereocenters. The van der Waals surface area contributed by atoms with Crippen LogP contribution in [0.4, 0.5) is 0 Å². The quantitative estimate of drug-likeness (QED) is 0.670. The lowest BCUT2D eigenvalue weighted by atomic mass is 10.5. The van der Waals surface area contributed by atoms with Crippen molar-refractivity contribution in [2.24, 2.45) is 0 Å². The SMILES string of the molecule is c1c2nnn1CCOCCn1cc(nn1)COCCSCCOC2. The second kappa shape index (κ2) is 9.72. The van der Waals surface area contributed by atoms with Gasteiger partial charge in [-0.25, -0.2) is 9.36 Å². The van der Waals surface area contributed by atoms with Gasteiger partial charge >= 0.3 is 0 Å². The van der Waals surface area contributed by atoms with Gasteiger partial charge in [0.25, 0.3) is 0 Å². The molecule has 9 nitrogen and oxygen atoms in total. The molecule has 0 spiro atoms. The van der Waals surface area contributed by atoms with Crippen LogP contribution in [0, 0.1) is 0 Å². The fourth-order valence-corrected chi connectivity index (χ4v) is 2.81. The number of nitrogens with zero attached hydrogens (tertiary/aromatic N) is 6. The highest BCUT2D eigenvalue weighted by Gasteiger charge is 2.04.